The highest BCUT2D eigenvalue weighted by molar-refractivity contribution is 5.80. The van der Waals surface area contributed by atoms with Crippen molar-refractivity contribution in [3.05, 3.63) is 0 Å². The van der Waals surface area contributed by atoms with E-state index in [1.807, 2.05) is 27.7 Å². The van der Waals surface area contributed by atoms with Gasteiger partial charge in [0.15, 0.2) is 0 Å². The topological polar surface area (TPSA) is 55.1 Å². The Morgan fingerprint density at radius 3 is 2.09 bits per heavy atom. The fourth-order valence-corrected chi connectivity index (χ4v) is 1.04. The van der Waals surface area contributed by atoms with Crippen LogP contribution in [0.15, 0.2) is 0 Å². The van der Waals surface area contributed by atoms with Crippen LogP contribution in [0.1, 0.15) is 27.7 Å². The molecule has 1 atom stereocenters. The lowest BCUT2D eigenvalue weighted by Gasteiger charge is -2.28. The smallest absolute Gasteiger partial charge is 0.235 e. The molecular weight excluding hydrogens is 140 g/mol. The lowest BCUT2D eigenvalue weighted by molar-refractivity contribution is -0.122. The van der Waals surface area contributed by atoms with Crippen LogP contribution in [0.5, 0.6) is 0 Å². The van der Waals surface area contributed by atoms with Crippen LogP contribution >= 0.6 is 0 Å². The average Bonchev–Trinajstić information content (AvgIpc) is 1.79. The van der Waals surface area contributed by atoms with Crippen LogP contribution in [0.2, 0.25) is 0 Å². The first kappa shape index (κ1) is 10.4. The number of nitrogens with two attached hydrogens (primary N) is 1. The highest BCUT2D eigenvalue weighted by atomic mass is 16.1. The minimum absolute atomic E-state index is 0.0954. The molecule has 0 bridgehead atoms. The second-order valence-corrected chi connectivity index (χ2v) is 3.76. The van der Waals surface area contributed by atoms with Gasteiger partial charge < -0.3 is 11.1 Å². The standard InChI is InChI=1S/C8H18N2O/c1-5-10-6(7(9)11)8(2,3)4/h6,10H,5H2,1-4H3,(H2,9,11). The van der Waals surface area contributed by atoms with E-state index < -0.39 is 0 Å². The molecule has 1 amide bonds. The van der Waals surface area contributed by atoms with E-state index in [-0.39, 0.29) is 17.4 Å². The van der Waals surface area contributed by atoms with Gasteiger partial charge >= 0.3 is 0 Å². The molecular formula is C8H18N2O. The minimum Gasteiger partial charge on any atom is -0.368 e. The van der Waals surface area contributed by atoms with Crippen molar-refractivity contribution in [3.8, 4) is 0 Å². The fraction of sp³-hybridized carbons (Fsp3) is 0.875. The van der Waals surface area contributed by atoms with Crippen LogP contribution in [-0.2, 0) is 4.79 Å². The first-order chi connectivity index (χ1) is 4.89. The Labute approximate surface area is 68.3 Å². The largest absolute Gasteiger partial charge is 0.368 e. The Balaban J connectivity index is 4.22. The van der Waals surface area contributed by atoms with Gasteiger partial charge in [-0.2, -0.15) is 0 Å². The summed E-state index contributed by atoms with van der Waals surface area (Å²) in [5.74, 6) is -0.278. The molecule has 66 valence electrons. The molecule has 0 aromatic heterocycles. The van der Waals surface area contributed by atoms with E-state index in [0.29, 0.717) is 0 Å². The Hall–Kier alpha value is -0.570. The van der Waals surface area contributed by atoms with Crippen LogP contribution < -0.4 is 11.1 Å². The number of primary amides is 1. The molecule has 0 saturated carbocycles. The van der Waals surface area contributed by atoms with E-state index >= 15 is 0 Å². The van der Waals surface area contributed by atoms with Crippen molar-refractivity contribution in [2.75, 3.05) is 6.54 Å². The number of carbonyl (C=O) groups is 1. The third kappa shape index (κ3) is 3.37. The van der Waals surface area contributed by atoms with E-state index in [1.54, 1.807) is 0 Å². The number of hydrogen-bond donors (Lipinski definition) is 2. The molecule has 1 unspecified atom stereocenters. The van der Waals surface area contributed by atoms with Gasteiger partial charge in [-0.1, -0.05) is 27.7 Å². The van der Waals surface area contributed by atoms with Crippen LogP contribution in [0, 0.1) is 5.41 Å². The van der Waals surface area contributed by atoms with Crippen LogP contribution in [0.4, 0.5) is 0 Å². The van der Waals surface area contributed by atoms with Crippen LogP contribution in [0.25, 0.3) is 0 Å². The second-order valence-electron chi connectivity index (χ2n) is 3.76. The van der Waals surface area contributed by atoms with Crippen molar-refractivity contribution in [1.29, 1.82) is 0 Å². The summed E-state index contributed by atoms with van der Waals surface area (Å²) in [6.07, 6.45) is 0. The predicted molar refractivity (Wildman–Crippen MR) is 46.1 cm³/mol. The summed E-state index contributed by atoms with van der Waals surface area (Å²) in [7, 11) is 0. The third-order valence-corrected chi connectivity index (χ3v) is 1.56. The summed E-state index contributed by atoms with van der Waals surface area (Å²) in [6, 6.07) is -0.229. The molecule has 0 aromatic rings. The molecule has 0 saturated heterocycles. The first-order valence-electron chi connectivity index (χ1n) is 3.92. The SMILES string of the molecule is CCNC(C(N)=O)C(C)(C)C. The van der Waals surface area contributed by atoms with Gasteiger partial charge in [0.1, 0.15) is 0 Å². The molecule has 0 aliphatic carbocycles. The third-order valence-electron chi connectivity index (χ3n) is 1.56. The number of likely N-dealkylation sites (N-methyl/N-ethyl adjacent to an activating group) is 1. The van der Waals surface area contributed by atoms with Gasteiger partial charge in [0.2, 0.25) is 5.91 Å². The summed E-state index contributed by atoms with van der Waals surface area (Å²) in [4.78, 5) is 10.9. The van der Waals surface area contributed by atoms with Gasteiger partial charge in [0, 0.05) is 0 Å². The maximum Gasteiger partial charge on any atom is 0.235 e. The van der Waals surface area contributed by atoms with Gasteiger partial charge in [0.05, 0.1) is 6.04 Å². The van der Waals surface area contributed by atoms with Crippen molar-refractivity contribution in [2.45, 2.75) is 33.7 Å². The van der Waals surface area contributed by atoms with E-state index in [4.69, 9.17) is 5.73 Å². The lowest BCUT2D eigenvalue weighted by atomic mass is 9.86. The predicted octanol–water partition coefficient (Wildman–Crippen LogP) is 0.496. The molecule has 11 heavy (non-hydrogen) atoms. The summed E-state index contributed by atoms with van der Waals surface area (Å²) < 4.78 is 0. The van der Waals surface area contributed by atoms with Crippen molar-refractivity contribution in [1.82, 2.24) is 5.32 Å². The molecule has 0 rings (SSSR count). The Morgan fingerprint density at radius 1 is 1.55 bits per heavy atom. The quantitative estimate of drug-likeness (QED) is 0.628. The molecule has 3 nitrogen and oxygen atoms in total. The highest BCUT2D eigenvalue weighted by Crippen LogP contribution is 2.18. The Kier molecular flexibility index (Phi) is 3.52. The summed E-state index contributed by atoms with van der Waals surface area (Å²) >= 11 is 0. The average molecular weight is 158 g/mol. The highest BCUT2D eigenvalue weighted by Gasteiger charge is 2.28. The number of nitrogens with one attached hydrogen (secondary N) is 1. The van der Waals surface area contributed by atoms with Gasteiger partial charge in [-0.25, -0.2) is 0 Å². The van der Waals surface area contributed by atoms with Gasteiger partial charge in [-0.3, -0.25) is 4.79 Å². The van der Waals surface area contributed by atoms with E-state index in [9.17, 15) is 4.79 Å². The first-order valence-corrected chi connectivity index (χ1v) is 3.92. The number of carbonyl (C=O) groups excluding carboxylic acids is 1. The van der Waals surface area contributed by atoms with Crippen molar-refractivity contribution in [2.24, 2.45) is 11.1 Å². The zero-order chi connectivity index (χ0) is 9.07. The molecule has 0 radical (unpaired) electrons. The van der Waals surface area contributed by atoms with Crippen molar-refractivity contribution < 1.29 is 4.79 Å². The van der Waals surface area contributed by atoms with Crippen molar-refractivity contribution >= 4 is 5.91 Å². The molecule has 0 heterocycles. The van der Waals surface area contributed by atoms with Crippen LogP contribution in [0.3, 0.4) is 0 Å². The zero-order valence-corrected chi connectivity index (χ0v) is 7.77. The maximum atomic E-state index is 10.9. The Morgan fingerprint density at radius 2 is 2.00 bits per heavy atom. The minimum atomic E-state index is -0.278. The molecule has 0 fully saturated rings. The summed E-state index contributed by atoms with van der Waals surface area (Å²) in [5, 5.41) is 3.05. The number of amides is 1. The molecule has 0 aliphatic heterocycles. The Bertz CT molecular complexity index is 138. The molecule has 3 N–H and O–H groups in total. The lowest BCUT2D eigenvalue weighted by Crippen LogP contribution is -2.49. The van der Waals surface area contributed by atoms with Gasteiger partial charge in [-0.15, -0.1) is 0 Å². The second kappa shape index (κ2) is 3.72. The summed E-state index contributed by atoms with van der Waals surface area (Å²) in [6.45, 7) is 8.70. The zero-order valence-electron chi connectivity index (χ0n) is 7.77. The normalized spacial score (nSPS) is 14.5. The molecule has 0 aliphatic rings. The number of rotatable bonds is 3. The maximum absolute atomic E-state index is 10.9. The van der Waals surface area contributed by atoms with E-state index in [2.05, 4.69) is 5.32 Å². The monoisotopic (exact) mass is 158 g/mol. The fourth-order valence-electron chi connectivity index (χ4n) is 1.04. The van der Waals surface area contributed by atoms with Gasteiger partial charge in [0.25, 0.3) is 0 Å². The molecule has 3 heteroatoms. The van der Waals surface area contributed by atoms with Gasteiger partial charge in [-0.05, 0) is 12.0 Å². The van der Waals surface area contributed by atoms with Crippen molar-refractivity contribution in [3.63, 3.8) is 0 Å². The number of hydrogen-bond acceptors (Lipinski definition) is 2. The molecule has 0 aromatic carbocycles. The van der Waals surface area contributed by atoms with E-state index in [1.165, 1.54) is 0 Å². The van der Waals surface area contributed by atoms with E-state index in [0.717, 1.165) is 6.54 Å². The molecule has 0 spiro atoms. The van der Waals surface area contributed by atoms with Crippen LogP contribution in [-0.4, -0.2) is 18.5 Å². The summed E-state index contributed by atoms with van der Waals surface area (Å²) in [5.41, 5.74) is 5.11.